The number of benzene rings is 2. The molecule has 0 spiro atoms. The number of amides is 2. The van der Waals surface area contributed by atoms with Gasteiger partial charge in [0.25, 0.3) is 5.91 Å². The summed E-state index contributed by atoms with van der Waals surface area (Å²) in [4.78, 5) is 26.4. The molecule has 1 saturated heterocycles. The van der Waals surface area contributed by atoms with Gasteiger partial charge in [0.1, 0.15) is 6.54 Å². The van der Waals surface area contributed by atoms with Crippen molar-refractivity contribution in [3.8, 4) is 0 Å². The number of aromatic nitrogens is 1. The Kier molecular flexibility index (Phi) is 4.55. The largest absolute Gasteiger partial charge is 0.368 e. The number of hydrogen-bond acceptors (Lipinski definition) is 4. The van der Waals surface area contributed by atoms with Gasteiger partial charge in [-0.2, -0.15) is 0 Å². The molecular weight excluding hydrogens is 378 g/mol. The molecule has 1 aliphatic rings. The van der Waals surface area contributed by atoms with Crippen LogP contribution in [0.3, 0.4) is 0 Å². The van der Waals surface area contributed by atoms with Crippen LogP contribution in [0.4, 0.5) is 5.69 Å². The van der Waals surface area contributed by atoms with Gasteiger partial charge < -0.3 is 10.3 Å². The van der Waals surface area contributed by atoms with E-state index in [-0.39, 0.29) is 12.5 Å². The van der Waals surface area contributed by atoms with Crippen LogP contribution >= 0.6 is 24.0 Å². The van der Waals surface area contributed by atoms with E-state index in [1.54, 1.807) is 4.57 Å². The van der Waals surface area contributed by atoms with E-state index in [1.807, 2.05) is 66.9 Å². The summed E-state index contributed by atoms with van der Waals surface area (Å²) >= 11 is 6.68. The number of hydrogen-bond donors (Lipinski definition) is 1. The van der Waals surface area contributed by atoms with E-state index >= 15 is 0 Å². The zero-order chi connectivity index (χ0) is 19.0. The Morgan fingerprint density at radius 1 is 1.11 bits per heavy atom. The predicted molar refractivity (Wildman–Crippen MR) is 113 cm³/mol. The Bertz CT molecular complexity index is 1100. The van der Waals surface area contributed by atoms with Crippen LogP contribution in [0.15, 0.2) is 65.7 Å². The number of fused-ring (bicyclic) bond motifs is 1. The lowest BCUT2D eigenvalue weighted by Crippen LogP contribution is -2.27. The molecule has 2 N–H and O–H groups in total. The number of thioether (sulfide) groups is 1. The monoisotopic (exact) mass is 393 g/mol. The molecule has 0 aliphatic carbocycles. The first-order valence-electron chi connectivity index (χ1n) is 8.24. The fourth-order valence-corrected chi connectivity index (χ4v) is 4.39. The van der Waals surface area contributed by atoms with E-state index in [0.717, 1.165) is 22.2 Å². The zero-order valence-corrected chi connectivity index (χ0v) is 15.8. The number of thiocarbonyl (C=S) groups is 1. The topological polar surface area (TPSA) is 68.3 Å². The summed E-state index contributed by atoms with van der Waals surface area (Å²) in [7, 11) is 0. The average Bonchev–Trinajstić information content (AvgIpc) is 3.13. The summed E-state index contributed by atoms with van der Waals surface area (Å²) in [5.74, 6) is -0.569. The molecule has 0 saturated carbocycles. The van der Waals surface area contributed by atoms with Gasteiger partial charge >= 0.3 is 0 Å². The molecule has 1 fully saturated rings. The van der Waals surface area contributed by atoms with Crippen molar-refractivity contribution >= 4 is 62.8 Å². The molecular formula is C20H15N3O2S2. The van der Waals surface area contributed by atoms with Gasteiger partial charge in [0.2, 0.25) is 5.91 Å². The lowest BCUT2D eigenvalue weighted by molar-refractivity contribution is -0.118. The van der Waals surface area contributed by atoms with Gasteiger partial charge in [-0.15, -0.1) is 0 Å². The van der Waals surface area contributed by atoms with E-state index in [9.17, 15) is 9.59 Å². The number of carbonyl (C=O) groups excluding carboxylic acids is 2. The predicted octanol–water partition coefficient (Wildman–Crippen LogP) is 3.53. The molecule has 4 rings (SSSR count). The molecule has 27 heavy (non-hydrogen) atoms. The first kappa shape index (κ1) is 17.5. The summed E-state index contributed by atoms with van der Waals surface area (Å²) in [5.41, 5.74) is 7.84. The summed E-state index contributed by atoms with van der Waals surface area (Å²) in [6.07, 6.45) is 3.66. The highest BCUT2D eigenvalue weighted by Crippen LogP contribution is 2.37. The Hall–Kier alpha value is -2.90. The third-order valence-electron chi connectivity index (χ3n) is 4.24. The highest BCUT2D eigenvalue weighted by molar-refractivity contribution is 8.27. The van der Waals surface area contributed by atoms with Crippen LogP contribution in [-0.2, 0) is 16.1 Å². The second-order valence-corrected chi connectivity index (χ2v) is 7.72. The number of primary amides is 1. The first-order chi connectivity index (χ1) is 13.0. The van der Waals surface area contributed by atoms with E-state index < -0.39 is 5.91 Å². The summed E-state index contributed by atoms with van der Waals surface area (Å²) in [6, 6.07) is 17.0. The Morgan fingerprint density at radius 2 is 1.81 bits per heavy atom. The van der Waals surface area contributed by atoms with Crippen LogP contribution in [0.5, 0.6) is 0 Å². The van der Waals surface area contributed by atoms with Crippen molar-refractivity contribution in [2.75, 3.05) is 4.90 Å². The highest BCUT2D eigenvalue weighted by atomic mass is 32.2. The van der Waals surface area contributed by atoms with Crippen LogP contribution in [0.1, 0.15) is 5.56 Å². The van der Waals surface area contributed by atoms with Crippen LogP contribution in [0.2, 0.25) is 0 Å². The molecule has 0 bridgehead atoms. The van der Waals surface area contributed by atoms with Gasteiger partial charge in [-0.1, -0.05) is 60.4 Å². The number of carbonyl (C=O) groups is 2. The second-order valence-electron chi connectivity index (χ2n) is 6.05. The minimum Gasteiger partial charge on any atom is -0.368 e. The van der Waals surface area contributed by atoms with Gasteiger partial charge in [-0.05, 0) is 24.3 Å². The maximum Gasteiger partial charge on any atom is 0.270 e. The lowest BCUT2D eigenvalue weighted by atomic mass is 10.1. The van der Waals surface area contributed by atoms with E-state index in [4.69, 9.17) is 18.0 Å². The van der Waals surface area contributed by atoms with Gasteiger partial charge in [-0.3, -0.25) is 14.5 Å². The fraction of sp³-hybridized carbons (Fsp3) is 0.0500. The quantitative estimate of drug-likeness (QED) is 0.544. The lowest BCUT2D eigenvalue weighted by Gasteiger charge is -2.13. The number of nitrogens with two attached hydrogens (primary N) is 1. The molecule has 0 unspecified atom stereocenters. The molecule has 0 atom stereocenters. The van der Waals surface area contributed by atoms with Crippen molar-refractivity contribution in [3.05, 3.63) is 71.3 Å². The second kappa shape index (κ2) is 7.02. The van der Waals surface area contributed by atoms with Crippen molar-refractivity contribution in [2.24, 2.45) is 5.73 Å². The SMILES string of the molecule is NC(=O)Cn1cc(/C=C2\SC(=S)N(c3ccccc3)C2=O)c2ccccc21. The van der Waals surface area contributed by atoms with Crippen LogP contribution in [0, 0.1) is 0 Å². The molecule has 134 valence electrons. The van der Waals surface area contributed by atoms with Crippen LogP contribution < -0.4 is 10.6 Å². The number of nitrogens with zero attached hydrogens (tertiary/aromatic N) is 2. The Morgan fingerprint density at radius 3 is 2.56 bits per heavy atom. The standard InChI is InChI=1S/C20H15N3O2S2/c21-18(24)12-22-11-13(15-8-4-5-9-16(15)22)10-17-19(25)23(20(26)27-17)14-6-2-1-3-7-14/h1-11H,12H2,(H2,21,24)/b17-10-. The molecule has 0 radical (unpaired) electrons. The summed E-state index contributed by atoms with van der Waals surface area (Å²) in [5, 5.41) is 0.948. The van der Waals surface area contributed by atoms with Gasteiger partial charge in [0.15, 0.2) is 4.32 Å². The van der Waals surface area contributed by atoms with Crippen molar-refractivity contribution < 1.29 is 9.59 Å². The smallest absolute Gasteiger partial charge is 0.270 e. The van der Waals surface area contributed by atoms with Crippen molar-refractivity contribution in [3.63, 3.8) is 0 Å². The minimum atomic E-state index is -0.419. The molecule has 2 aromatic carbocycles. The highest BCUT2D eigenvalue weighted by Gasteiger charge is 2.33. The molecule has 5 nitrogen and oxygen atoms in total. The maximum absolute atomic E-state index is 12.9. The van der Waals surface area contributed by atoms with Crippen molar-refractivity contribution in [2.45, 2.75) is 6.54 Å². The van der Waals surface area contributed by atoms with E-state index in [0.29, 0.717) is 9.23 Å². The van der Waals surface area contributed by atoms with Crippen molar-refractivity contribution in [1.29, 1.82) is 0 Å². The molecule has 7 heteroatoms. The van der Waals surface area contributed by atoms with Gasteiger partial charge in [0.05, 0.1) is 10.6 Å². The average molecular weight is 393 g/mol. The normalized spacial score (nSPS) is 15.9. The number of anilines is 1. The molecule has 3 aromatic rings. The van der Waals surface area contributed by atoms with Crippen LogP contribution in [-0.4, -0.2) is 20.7 Å². The van der Waals surface area contributed by atoms with Gasteiger partial charge in [-0.25, -0.2) is 0 Å². The summed E-state index contributed by atoms with van der Waals surface area (Å²) in [6.45, 7) is 0.0827. The number of rotatable bonds is 4. The fourth-order valence-electron chi connectivity index (χ4n) is 3.10. The van der Waals surface area contributed by atoms with Gasteiger partial charge in [0, 0.05) is 22.7 Å². The van der Waals surface area contributed by atoms with Crippen LogP contribution in [0.25, 0.3) is 17.0 Å². The molecule has 2 amide bonds. The van der Waals surface area contributed by atoms with E-state index in [2.05, 4.69) is 0 Å². The Balaban J connectivity index is 1.75. The third-order valence-corrected chi connectivity index (χ3v) is 5.54. The molecule has 1 aromatic heterocycles. The maximum atomic E-state index is 12.9. The first-order valence-corrected chi connectivity index (χ1v) is 9.46. The van der Waals surface area contributed by atoms with E-state index in [1.165, 1.54) is 16.7 Å². The molecule has 1 aliphatic heterocycles. The third kappa shape index (κ3) is 3.27. The number of para-hydroxylation sites is 2. The Labute approximate surface area is 165 Å². The minimum absolute atomic E-state index is 0.0827. The summed E-state index contributed by atoms with van der Waals surface area (Å²) < 4.78 is 2.29. The molecule has 2 heterocycles. The van der Waals surface area contributed by atoms with Crippen molar-refractivity contribution in [1.82, 2.24) is 4.57 Å². The zero-order valence-electron chi connectivity index (χ0n) is 14.2.